The summed E-state index contributed by atoms with van der Waals surface area (Å²) in [6, 6.07) is 11.9. The van der Waals surface area contributed by atoms with Crippen molar-refractivity contribution in [3.8, 4) is 0 Å². The van der Waals surface area contributed by atoms with E-state index >= 15 is 0 Å². The van der Waals surface area contributed by atoms with Crippen LogP contribution in [0.1, 0.15) is 5.56 Å². The van der Waals surface area contributed by atoms with E-state index in [9.17, 15) is 17.6 Å². The average molecular weight is 322 g/mol. The highest BCUT2D eigenvalue weighted by atomic mass is 32.2. The van der Waals surface area contributed by atoms with Crippen LogP contribution in [0.2, 0.25) is 0 Å². The summed E-state index contributed by atoms with van der Waals surface area (Å²) >= 11 is 0. The number of nitrogens with two attached hydrogens (primary N) is 1. The molecule has 5 nitrogen and oxygen atoms in total. The Balaban J connectivity index is 2.01. The first-order chi connectivity index (χ1) is 10.4. The van der Waals surface area contributed by atoms with Crippen LogP contribution in [-0.2, 0) is 20.4 Å². The summed E-state index contributed by atoms with van der Waals surface area (Å²) in [7, 11) is -3.65. The SMILES string of the molecule is Nc1ccc(CS(=O)(=O)CC(=O)Nc2ccccc2F)cc1. The van der Waals surface area contributed by atoms with Gasteiger partial charge in [-0.05, 0) is 29.8 Å². The van der Waals surface area contributed by atoms with Crippen LogP contribution >= 0.6 is 0 Å². The second-order valence-corrected chi connectivity index (χ2v) is 6.87. The first-order valence-corrected chi connectivity index (χ1v) is 8.27. The number of rotatable bonds is 5. The minimum Gasteiger partial charge on any atom is -0.399 e. The summed E-state index contributed by atoms with van der Waals surface area (Å²) in [5.41, 5.74) is 6.54. The van der Waals surface area contributed by atoms with Gasteiger partial charge in [-0.2, -0.15) is 0 Å². The molecule has 0 unspecified atom stereocenters. The van der Waals surface area contributed by atoms with Gasteiger partial charge >= 0.3 is 0 Å². The number of amides is 1. The van der Waals surface area contributed by atoms with Crippen LogP contribution < -0.4 is 11.1 Å². The lowest BCUT2D eigenvalue weighted by molar-refractivity contribution is -0.113. The predicted molar refractivity (Wildman–Crippen MR) is 83.4 cm³/mol. The number of carbonyl (C=O) groups excluding carboxylic acids is 1. The molecule has 0 bridgehead atoms. The molecular weight excluding hydrogens is 307 g/mol. The third kappa shape index (κ3) is 4.56. The molecule has 0 fully saturated rings. The van der Waals surface area contributed by atoms with Gasteiger partial charge in [0.05, 0.1) is 11.4 Å². The summed E-state index contributed by atoms with van der Waals surface area (Å²) in [6.07, 6.45) is 0. The molecule has 0 aliphatic carbocycles. The van der Waals surface area contributed by atoms with E-state index in [0.29, 0.717) is 11.3 Å². The van der Waals surface area contributed by atoms with E-state index in [2.05, 4.69) is 5.32 Å². The Morgan fingerprint density at radius 1 is 1.09 bits per heavy atom. The van der Waals surface area contributed by atoms with Gasteiger partial charge < -0.3 is 11.1 Å². The lowest BCUT2D eigenvalue weighted by atomic mass is 10.2. The largest absolute Gasteiger partial charge is 0.399 e. The number of anilines is 2. The molecule has 0 atom stereocenters. The Morgan fingerprint density at radius 2 is 1.73 bits per heavy atom. The summed E-state index contributed by atoms with van der Waals surface area (Å²) in [4.78, 5) is 11.7. The van der Waals surface area contributed by atoms with Gasteiger partial charge in [-0.25, -0.2) is 12.8 Å². The van der Waals surface area contributed by atoms with Crippen molar-refractivity contribution < 1.29 is 17.6 Å². The van der Waals surface area contributed by atoms with Crippen molar-refractivity contribution in [2.24, 2.45) is 0 Å². The Hall–Kier alpha value is -2.41. The molecule has 3 N–H and O–H groups in total. The molecule has 2 rings (SSSR count). The maximum absolute atomic E-state index is 13.4. The Morgan fingerprint density at radius 3 is 2.36 bits per heavy atom. The Bertz CT molecular complexity index is 774. The quantitative estimate of drug-likeness (QED) is 0.824. The number of halogens is 1. The van der Waals surface area contributed by atoms with Crippen molar-refractivity contribution in [2.45, 2.75) is 5.75 Å². The van der Waals surface area contributed by atoms with Crippen LogP contribution in [0.15, 0.2) is 48.5 Å². The molecule has 116 valence electrons. The van der Waals surface area contributed by atoms with Gasteiger partial charge in [-0.3, -0.25) is 4.79 Å². The molecule has 0 aliphatic rings. The van der Waals surface area contributed by atoms with Crippen LogP contribution in [-0.4, -0.2) is 20.1 Å². The maximum Gasteiger partial charge on any atom is 0.239 e. The molecule has 0 spiro atoms. The highest BCUT2D eigenvalue weighted by molar-refractivity contribution is 7.91. The minimum absolute atomic E-state index is 0.0461. The third-order valence-corrected chi connectivity index (χ3v) is 4.34. The van der Waals surface area contributed by atoms with Gasteiger partial charge in [0.1, 0.15) is 11.6 Å². The van der Waals surface area contributed by atoms with E-state index in [1.807, 2.05) is 0 Å². The second-order valence-electron chi connectivity index (χ2n) is 4.80. The number of sulfone groups is 1. The lowest BCUT2D eigenvalue weighted by Crippen LogP contribution is -2.24. The summed E-state index contributed by atoms with van der Waals surface area (Å²) in [5.74, 6) is -2.39. The number of nitrogens with one attached hydrogen (secondary N) is 1. The van der Waals surface area contributed by atoms with Crippen molar-refractivity contribution in [1.82, 2.24) is 0 Å². The van der Waals surface area contributed by atoms with Gasteiger partial charge in [-0.1, -0.05) is 24.3 Å². The molecule has 0 aromatic heterocycles. The smallest absolute Gasteiger partial charge is 0.239 e. The molecule has 7 heteroatoms. The van der Waals surface area contributed by atoms with Gasteiger partial charge in [0.15, 0.2) is 9.84 Å². The Labute approximate surface area is 127 Å². The number of hydrogen-bond acceptors (Lipinski definition) is 4. The van der Waals surface area contributed by atoms with Crippen LogP contribution in [0, 0.1) is 5.82 Å². The van der Waals surface area contributed by atoms with Crippen molar-refractivity contribution in [3.63, 3.8) is 0 Å². The van der Waals surface area contributed by atoms with Crippen molar-refractivity contribution >= 4 is 27.1 Å². The first-order valence-electron chi connectivity index (χ1n) is 6.45. The molecule has 2 aromatic carbocycles. The zero-order valence-electron chi connectivity index (χ0n) is 11.6. The van der Waals surface area contributed by atoms with E-state index in [0.717, 1.165) is 0 Å². The molecule has 0 radical (unpaired) electrons. The van der Waals surface area contributed by atoms with E-state index in [4.69, 9.17) is 5.73 Å². The molecule has 1 amide bonds. The lowest BCUT2D eigenvalue weighted by Gasteiger charge is -2.07. The molecule has 0 saturated heterocycles. The summed E-state index contributed by atoms with van der Waals surface area (Å²) in [5, 5.41) is 2.25. The zero-order valence-corrected chi connectivity index (χ0v) is 12.4. The normalized spacial score (nSPS) is 11.1. The van der Waals surface area contributed by atoms with Gasteiger partial charge in [0, 0.05) is 5.69 Å². The van der Waals surface area contributed by atoms with Crippen LogP contribution in [0.5, 0.6) is 0 Å². The highest BCUT2D eigenvalue weighted by Crippen LogP contribution is 2.13. The van der Waals surface area contributed by atoms with E-state index in [1.165, 1.54) is 18.2 Å². The number of para-hydroxylation sites is 1. The second kappa shape index (κ2) is 6.57. The maximum atomic E-state index is 13.4. The molecular formula is C15H15FN2O3S. The zero-order chi connectivity index (χ0) is 16.2. The Kier molecular flexibility index (Phi) is 4.77. The molecule has 0 saturated carbocycles. The average Bonchev–Trinajstić information content (AvgIpc) is 2.43. The number of benzene rings is 2. The number of hydrogen-bond donors (Lipinski definition) is 2. The van der Waals surface area contributed by atoms with Crippen molar-refractivity contribution in [2.75, 3.05) is 16.8 Å². The van der Waals surface area contributed by atoms with E-state index in [1.54, 1.807) is 30.3 Å². The van der Waals surface area contributed by atoms with E-state index < -0.39 is 27.3 Å². The van der Waals surface area contributed by atoms with Gasteiger partial charge in [0.2, 0.25) is 5.91 Å². The van der Waals surface area contributed by atoms with Crippen LogP contribution in [0.25, 0.3) is 0 Å². The fraction of sp³-hybridized carbons (Fsp3) is 0.133. The monoisotopic (exact) mass is 322 g/mol. The van der Waals surface area contributed by atoms with Crippen LogP contribution in [0.3, 0.4) is 0 Å². The molecule has 0 aliphatic heterocycles. The summed E-state index contributed by atoms with van der Waals surface area (Å²) in [6.45, 7) is 0. The third-order valence-electron chi connectivity index (χ3n) is 2.87. The first kappa shape index (κ1) is 16.0. The minimum atomic E-state index is -3.65. The number of nitrogen functional groups attached to an aromatic ring is 1. The van der Waals surface area contributed by atoms with Crippen LogP contribution in [0.4, 0.5) is 15.8 Å². The van der Waals surface area contributed by atoms with Crippen molar-refractivity contribution in [1.29, 1.82) is 0 Å². The van der Waals surface area contributed by atoms with E-state index in [-0.39, 0.29) is 11.4 Å². The molecule has 2 aromatic rings. The fourth-order valence-electron chi connectivity index (χ4n) is 1.87. The predicted octanol–water partition coefficient (Wildman–Crippen LogP) is 1.96. The molecule has 0 heterocycles. The van der Waals surface area contributed by atoms with Gasteiger partial charge in [0.25, 0.3) is 0 Å². The van der Waals surface area contributed by atoms with Gasteiger partial charge in [-0.15, -0.1) is 0 Å². The highest BCUT2D eigenvalue weighted by Gasteiger charge is 2.18. The standard InChI is InChI=1S/C15H15FN2O3S/c16-13-3-1-2-4-14(13)18-15(19)10-22(20,21)9-11-5-7-12(17)8-6-11/h1-8H,9-10,17H2,(H,18,19). The van der Waals surface area contributed by atoms with Crippen molar-refractivity contribution in [3.05, 3.63) is 59.9 Å². The molecule has 22 heavy (non-hydrogen) atoms. The number of carbonyl (C=O) groups is 1. The topological polar surface area (TPSA) is 89.3 Å². The fourth-order valence-corrected chi connectivity index (χ4v) is 3.14. The summed E-state index contributed by atoms with van der Waals surface area (Å²) < 4.78 is 37.4.